The van der Waals surface area contributed by atoms with E-state index in [1.54, 1.807) is 6.07 Å². The molecule has 0 fully saturated rings. The maximum absolute atomic E-state index is 10.8. The minimum Gasteiger partial charge on any atom is -0.319 e. The molecule has 0 aromatic heterocycles. The van der Waals surface area contributed by atoms with Crippen LogP contribution < -0.4 is 5.32 Å². The number of hydrogen-bond acceptors (Lipinski definition) is 3. The average molecular weight is 215 g/mol. The topological polar surface area (TPSA) is 66.4 Å². The Bertz CT molecular complexity index is 400. The fourth-order valence-corrected chi connectivity index (χ4v) is 1.68. The van der Waals surface area contributed by atoms with Crippen LogP contribution >= 0.6 is 0 Å². The summed E-state index contributed by atoms with van der Waals surface area (Å²) in [6.07, 6.45) is 0.736. The lowest BCUT2D eigenvalue weighted by atomic mass is 10.1. The van der Waals surface area contributed by atoms with Gasteiger partial charge in [0.15, 0.2) is 0 Å². The summed E-state index contributed by atoms with van der Waals surface area (Å²) < 4.78 is 30.4. The molecule has 5 heteroatoms. The third-order valence-corrected chi connectivity index (χ3v) is 2.71. The minimum atomic E-state index is -4.07. The van der Waals surface area contributed by atoms with Gasteiger partial charge in [-0.2, -0.15) is 8.42 Å². The Hall–Kier alpha value is -0.910. The molecule has 0 unspecified atom stereocenters. The maximum atomic E-state index is 10.8. The third-order valence-electron chi connectivity index (χ3n) is 1.86. The third kappa shape index (κ3) is 3.10. The van der Waals surface area contributed by atoms with Crippen LogP contribution in [0.4, 0.5) is 0 Å². The van der Waals surface area contributed by atoms with Gasteiger partial charge in [0.1, 0.15) is 0 Å². The highest BCUT2D eigenvalue weighted by Gasteiger charge is 2.08. The standard InChI is InChI=1S/C9H13NO3S/c1-10-6-5-8-3-2-4-9(7-8)14(11,12)13/h2-4,7,10H,5-6H2,1H3,(H,11,12,13). The second-order valence-corrected chi connectivity index (χ2v) is 4.40. The molecule has 0 aliphatic rings. The molecular weight excluding hydrogens is 202 g/mol. The molecule has 14 heavy (non-hydrogen) atoms. The fraction of sp³-hybridized carbons (Fsp3) is 0.333. The summed E-state index contributed by atoms with van der Waals surface area (Å²) in [6.45, 7) is 0.773. The van der Waals surface area contributed by atoms with E-state index in [0.29, 0.717) is 0 Å². The molecule has 0 aliphatic heterocycles. The lowest BCUT2D eigenvalue weighted by Crippen LogP contribution is -2.10. The average Bonchev–Trinajstić information content (AvgIpc) is 2.14. The molecule has 0 aliphatic carbocycles. The van der Waals surface area contributed by atoms with Crippen LogP contribution in [0.5, 0.6) is 0 Å². The number of benzene rings is 1. The van der Waals surface area contributed by atoms with Crippen LogP contribution in [0.3, 0.4) is 0 Å². The molecule has 0 heterocycles. The Morgan fingerprint density at radius 1 is 1.43 bits per heavy atom. The van der Waals surface area contributed by atoms with E-state index < -0.39 is 10.1 Å². The van der Waals surface area contributed by atoms with Gasteiger partial charge in [0.25, 0.3) is 10.1 Å². The van der Waals surface area contributed by atoms with Crippen LogP contribution in [0.25, 0.3) is 0 Å². The van der Waals surface area contributed by atoms with Gasteiger partial charge < -0.3 is 5.32 Å². The van der Waals surface area contributed by atoms with Crippen LogP contribution in [0, 0.1) is 0 Å². The van der Waals surface area contributed by atoms with Crippen molar-refractivity contribution in [1.29, 1.82) is 0 Å². The molecule has 1 rings (SSSR count). The first-order chi connectivity index (χ1) is 6.54. The molecule has 1 aromatic carbocycles. The van der Waals surface area contributed by atoms with Crippen LogP contribution in [0.15, 0.2) is 29.2 Å². The first kappa shape index (κ1) is 11.2. The number of hydrogen-bond donors (Lipinski definition) is 2. The van der Waals surface area contributed by atoms with E-state index in [0.717, 1.165) is 18.5 Å². The van der Waals surface area contributed by atoms with Gasteiger partial charge in [0.2, 0.25) is 0 Å². The molecule has 1 aromatic rings. The van der Waals surface area contributed by atoms with E-state index in [9.17, 15) is 8.42 Å². The summed E-state index contributed by atoms with van der Waals surface area (Å²) in [5.74, 6) is 0. The summed E-state index contributed by atoms with van der Waals surface area (Å²) in [6, 6.07) is 6.30. The molecule has 0 radical (unpaired) electrons. The summed E-state index contributed by atoms with van der Waals surface area (Å²) in [5, 5.41) is 2.96. The van der Waals surface area contributed by atoms with Gasteiger partial charge in [-0.3, -0.25) is 4.55 Å². The van der Waals surface area contributed by atoms with Crippen LogP contribution in [0.1, 0.15) is 5.56 Å². The van der Waals surface area contributed by atoms with Gasteiger partial charge >= 0.3 is 0 Å². The van der Waals surface area contributed by atoms with Crippen molar-refractivity contribution < 1.29 is 13.0 Å². The first-order valence-corrected chi connectivity index (χ1v) is 5.69. The Balaban J connectivity index is 2.90. The number of nitrogens with one attached hydrogen (secondary N) is 1. The highest BCUT2D eigenvalue weighted by molar-refractivity contribution is 7.85. The number of rotatable bonds is 4. The van der Waals surface area contributed by atoms with E-state index in [2.05, 4.69) is 5.32 Å². The van der Waals surface area contributed by atoms with E-state index >= 15 is 0 Å². The van der Waals surface area contributed by atoms with E-state index in [-0.39, 0.29) is 4.90 Å². The van der Waals surface area contributed by atoms with E-state index in [1.807, 2.05) is 13.1 Å². The molecule has 78 valence electrons. The lowest BCUT2D eigenvalue weighted by molar-refractivity contribution is 0.483. The van der Waals surface area contributed by atoms with Gasteiger partial charge in [0.05, 0.1) is 4.90 Å². The normalized spacial score (nSPS) is 11.6. The fourth-order valence-electron chi connectivity index (χ4n) is 1.13. The zero-order valence-electron chi connectivity index (χ0n) is 7.90. The molecular formula is C9H13NO3S. The summed E-state index contributed by atoms with van der Waals surface area (Å²) in [4.78, 5) is -0.0499. The van der Waals surface area contributed by atoms with Gasteiger partial charge in [0, 0.05) is 0 Å². The second-order valence-electron chi connectivity index (χ2n) is 2.98. The monoisotopic (exact) mass is 215 g/mol. The number of likely N-dealkylation sites (N-methyl/N-ethyl adjacent to an activating group) is 1. The molecule has 0 saturated heterocycles. The Labute approximate surface area is 83.7 Å². The molecule has 0 bridgehead atoms. The van der Waals surface area contributed by atoms with Crippen molar-refractivity contribution in [3.8, 4) is 0 Å². The van der Waals surface area contributed by atoms with Crippen molar-refractivity contribution in [3.63, 3.8) is 0 Å². The molecule has 0 atom stereocenters. The van der Waals surface area contributed by atoms with Gasteiger partial charge in [-0.05, 0) is 37.7 Å². The van der Waals surface area contributed by atoms with E-state index in [1.165, 1.54) is 12.1 Å². The van der Waals surface area contributed by atoms with Crippen LogP contribution in [0.2, 0.25) is 0 Å². The van der Waals surface area contributed by atoms with Crippen molar-refractivity contribution in [3.05, 3.63) is 29.8 Å². The Morgan fingerprint density at radius 2 is 2.14 bits per heavy atom. The maximum Gasteiger partial charge on any atom is 0.294 e. The smallest absolute Gasteiger partial charge is 0.294 e. The Kier molecular flexibility index (Phi) is 3.62. The summed E-state index contributed by atoms with van der Waals surface area (Å²) >= 11 is 0. The van der Waals surface area contributed by atoms with Gasteiger partial charge in [-0.1, -0.05) is 12.1 Å². The van der Waals surface area contributed by atoms with Crippen molar-refractivity contribution in [1.82, 2.24) is 5.32 Å². The zero-order chi connectivity index (χ0) is 10.6. The predicted molar refractivity (Wildman–Crippen MR) is 53.9 cm³/mol. The van der Waals surface area contributed by atoms with Crippen molar-refractivity contribution in [2.45, 2.75) is 11.3 Å². The quantitative estimate of drug-likeness (QED) is 0.725. The predicted octanol–water partition coefficient (Wildman–Crippen LogP) is 0.695. The Morgan fingerprint density at radius 3 is 2.71 bits per heavy atom. The SMILES string of the molecule is CNCCc1cccc(S(=O)(=O)O)c1. The zero-order valence-corrected chi connectivity index (χ0v) is 8.71. The van der Waals surface area contributed by atoms with Crippen LogP contribution in [-0.4, -0.2) is 26.6 Å². The molecule has 2 N–H and O–H groups in total. The molecule has 4 nitrogen and oxygen atoms in total. The highest BCUT2D eigenvalue weighted by atomic mass is 32.2. The van der Waals surface area contributed by atoms with Gasteiger partial charge in [-0.25, -0.2) is 0 Å². The molecule has 0 spiro atoms. The lowest BCUT2D eigenvalue weighted by Gasteiger charge is -2.02. The van der Waals surface area contributed by atoms with Gasteiger partial charge in [-0.15, -0.1) is 0 Å². The molecule has 0 saturated carbocycles. The van der Waals surface area contributed by atoms with Crippen LogP contribution in [-0.2, 0) is 16.5 Å². The van der Waals surface area contributed by atoms with Crippen molar-refractivity contribution in [2.24, 2.45) is 0 Å². The van der Waals surface area contributed by atoms with Crippen molar-refractivity contribution in [2.75, 3.05) is 13.6 Å². The second kappa shape index (κ2) is 4.54. The first-order valence-electron chi connectivity index (χ1n) is 4.25. The largest absolute Gasteiger partial charge is 0.319 e. The summed E-state index contributed by atoms with van der Waals surface area (Å²) in [5.41, 5.74) is 0.884. The molecule has 0 amide bonds. The highest BCUT2D eigenvalue weighted by Crippen LogP contribution is 2.11. The van der Waals surface area contributed by atoms with Crippen molar-refractivity contribution >= 4 is 10.1 Å². The minimum absolute atomic E-state index is 0.0499. The summed E-state index contributed by atoms with van der Waals surface area (Å²) in [7, 11) is -2.24. The van der Waals surface area contributed by atoms with E-state index in [4.69, 9.17) is 4.55 Å².